The van der Waals surface area contributed by atoms with Crippen LogP contribution in [0.15, 0.2) is 97.1 Å². The van der Waals surface area contributed by atoms with Gasteiger partial charge in [-0.1, -0.05) is 78.9 Å². The average molecular weight is 417 g/mol. The van der Waals surface area contributed by atoms with Crippen molar-refractivity contribution in [3.63, 3.8) is 0 Å². The lowest BCUT2D eigenvalue weighted by molar-refractivity contribution is 0.311. The summed E-state index contributed by atoms with van der Waals surface area (Å²) < 4.78 is 6.33. The highest BCUT2D eigenvalue weighted by Gasteiger charge is 2.18. The van der Waals surface area contributed by atoms with Gasteiger partial charge in [0.2, 0.25) is 0 Å². The van der Waals surface area contributed by atoms with Crippen LogP contribution >= 0.6 is 0 Å². The zero-order valence-corrected chi connectivity index (χ0v) is 17.9. The van der Waals surface area contributed by atoms with Crippen molar-refractivity contribution in [1.29, 1.82) is 0 Å². The van der Waals surface area contributed by atoms with Gasteiger partial charge < -0.3 is 9.64 Å². The maximum Gasteiger partial charge on any atom is 0.146 e. The first-order chi connectivity index (χ1) is 15.8. The minimum atomic E-state index is 0.517. The molecule has 0 atom stereocenters. The molecule has 3 nitrogen and oxygen atoms in total. The zero-order chi connectivity index (χ0) is 21.3. The summed E-state index contributed by atoms with van der Waals surface area (Å²) in [6.45, 7) is 2.39. The van der Waals surface area contributed by atoms with E-state index in [0.29, 0.717) is 6.61 Å². The maximum absolute atomic E-state index is 6.33. The van der Waals surface area contributed by atoms with E-state index in [1.807, 2.05) is 12.1 Å². The Kier molecular flexibility index (Phi) is 4.73. The highest BCUT2D eigenvalue weighted by atomic mass is 16.5. The molecule has 0 fully saturated rings. The number of fused-ring (bicyclic) bond motifs is 3. The second-order valence-electron chi connectivity index (χ2n) is 8.36. The molecule has 0 saturated carbocycles. The van der Waals surface area contributed by atoms with Crippen molar-refractivity contribution in [3.05, 3.63) is 114 Å². The van der Waals surface area contributed by atoms with Gasteiger partial charge in [-0.15, -0.1) is 0 Å². The van der Waals surface area contributed by atoms with Crippen LogP contribution in [0.1, 0.15) is 16.7 Å². The summed E-state index contributed by atoms with van der Waals surface area (Å²) in [6, 6.07) is 34.0. The number of para-hydroxylation sites is 1. The number of ether oxygens (including phenoxy) is 1. The van der Waals surface area contributed by atoms with Crippen molar-refractivity contribution >= 4 is 27.5 Å². The van der Waals surface area contributed by atoms with Crippen LogP contribution in [0.5, 0.6) is 5.75 Å². The van der Waals surface area contributed by atoms with Crippen molar-refractivity contribution in [2.75, 3.05) is 11.4 Å². The Morgan fingerprint density at radius 1 is 0.719 bits per heavy atom. The van der Waals surface area contributed by atoms with Gasteiger partial charge in [0.1, 0.15) is 23.7 Å². The predicted molar refractivity (Wildman–Crippen MR) is 131 cm³/mol. The summed E-state index contributed by atoms with van der Waals surface area (Å²) in [6.07, 6.45) is 1.05. The molecule has 0 aliphatic carbocycles. The number of anilines is 1. The van der Waals surface area contributed by atoms with Crippen LogP contribution in [-0.4, -0.2) is 11.5 Å². The third-order valence-corrected chi connectivity index (χ3v) is 6.39. The molecular formula is C29H24N2O. The Hall–Kier alpha value is -3.85. The van der Waals surface area contributed by atoms with E-state index in [4.69, 9.17) is 9.72 Å². The van der Waals surface area contributed by atoms with Crippen molar-refractivity contribution < 1.29 is 4.74 Å². The summed E-state index contributed by atoms with van der Waals surface area (Å²) in [5, 5.41) is 3.56. The van der Waals surface area contributed by atoms with E-state index in [1.165, 1.54) is 27.5 Å². The number of pyridine rings is 1. The van der Waals surface area contributed by atoms with E-state index >= 15 is 0 Å². The summed E-state index contributed by atoms with van der Waals surface area (Å²) in [5.41, 5.74) is 4.94. The topological polar surface area (TPSA) is 25.4 Å². The van der Waals surface area contributed by atoms with Gasteiger partial charge in [-0.3, -0.25) is 0 Å². The van der Waals surface area contributed by atoms with Gasteiger partial charge in [-0.2, -0.15) is 0 Å². The predicted octanol–water partition coefficient (Wildman–Crippen LogP) is 6.53. The van der Waals surface area contributed by atoms with Crippen molar-refractivity contribution in [1.82, 2.24) is 4.98 Å². The lowest BCUT2D eigenvalue weighted by Gasteiger charge is -2.30. The second-order valence-corrected chi connectivity index (χ2v) is 8.36. The summed E-state index contributed by atoms with van der Waals surface area (Å²) in [4.78, 5) is 7.41. The fraction of sp³-hybridized carbons (Fsp3) is 0.138. The molecule has 156 valence electrons. The Labute approximate surface area is 187 Å². The minimum absolute atomic E-state index is 0.517. The molecule has 0 bridgehead atoms. The summed E-state index contributed by atoms with van der Waals surface area (Å²) >= 11 is 0. The number of rotatable bonds is 4. The first-order valence-corrected chi connectivity index (χ1v) is 11.2. The van der Waals surface area contributed by atoms with E-state index in [1.54, 1.807) is 0 Å². The molecule has 1 aliphatic heterocycles. The fourth-order valence-corrected chi connectivity index (χ4v) is 4.67. The quantitative estimate of drug-likeness (QED) is 0.333. The molecule has 0 spiro atoms. The van der Waals surface area contributed by atoms with E-state index in [0.717, 1.165) is 42.0 Å². The lowest BCUT2D eigenvalue weighted by atomic mass is 10.00. The Bertz CT molecular complexity index is 1420. The SMILES string of the molecule is c1ccc2c(c1)CCN(c1ccc3cccc(OCc4cccc5ccccc45)c3n1)C2. The van der Waals surface area contributed by atoms with Gasteiger partial charge in [-0.05, 0) is 52.1 Å². The van der Waals surface area contributed by atoms with Crippen molar-refractivity contribution in [2.45, 2.75) is 19.6 Å². The Balaban J connectivity index is 1.31. The maximum atomic E-state index is 6.33. The van der Waals surface area contributed by atoms with E-state index < -0.39 is 0 Å². The normalized spacial score (nSPS) is 13.3. The largest absolute Gasteiger partial charge is 0.487 e. The second kappa shape index (κ2) is 8.01. The number of nitrogens with zero attached hydrogens (tertiary/aromatic N) is 2. The van der Waals surface area contributed by atoms with Crippen molar-refractivity contribution in [3.8, 4) is 5.75 Å². The first-order valence-electron chi connectivity index (χ1n) is 11.2. The Morgan fingerprint density at radius 2 is 1.50 bits per heavy atom. The van der Waals surface area contributed by atoms with Crippen LogP contribution < -0.4 is 9.64 Å². The molecule has 0 saturated heterocycles. The molecule has 0 N–H and O–H groups in total. The highest BCUT2D eigenvalue weighted by Crippen LogP contribution is 2.30. The molecule has 1 aliphatic rings. The van der Waals surface area contributed by atoms with Crippen LogP contribution in [0.3, 0.4) is 0 Å². The molecule has 3 heteroatoms. The average Bonchev–Trinajstić information content (AvgIpc) is 2.87. The number of aromatic nitrogens is 1. The summed E-state index contributed by atoms with van der Waals surface area (Å²) in [7, 11) is 0. The van der Waals surface area contributed by atoms with E-state index in [-0.39, 0.29) is 0 Å². The van der Waals surface area contributed by atoms with Crippen LogP contribution in [-0.2, 0) is 19.6 Å². The monoisotopic (exact) mass is 416 g/mol. The summed E-state index contributed by atoms with van der Waals surface area (Å²) in [5.74, 6) is 1.84. The molecule has 4 aromatic carbocycles. The third-order valence-electron chi connectivity index (χ3n) is 6.39. The van der Waals surface area contributed by atoms with Gasteiger partial charge in [-0.25, -0.2) is 4.98 Å². The van der Waals surface area contributed by atoms with Gasteiger partial charge in [0, 0.05) is 18.5 Å². The lowest BCUT2D eigenvalue weighted by Crippen LogP contribution is -2.30. The van der Waals surface area contributed by atoms with E-state index in [9.17, 15) is 0 Å². The van der Waals surface area contributed by atoms with Gasteiger partial charge >= 0.3 is 0 Å². The molecule has 0 unspecified atom stereocenters. The van der Waals surface area contributed by atoms with E-state index in [2.05, 4.69) is 89.8 Å². The Morgan fingerprint density at radius 3 is 2.47 bits per heavy atom. The minimum Gasteiger partial charge on any atom is -0.487 e. The van der Waals surface area contributed by atoms with Gasteiger partial charge in [0.15, 0.2) is 0 Å². The standard InChI is InChI=1S/C29H24N2O/c1-2-9-24-19-31(18-17-21(24)7-1)28-16-15-23-11-6-14-27(29(23)30-28)32-20-25-12-5-10-22-8-3-4-13-26(22)25/h1-16H,17-20H2. The molecular weight excluding hydrogens is 392 g/mol. The molecule has 6 rings (SSSR count). The fourth-order valence-electron chi connectivity index (χ4n) is 4.67. The molecule has 5 aromatic rings. The first kappa shape index (κ1) is 18.9. The molecule has 0 radical (unpaired) electrons. The number of hydrogen-bond donors (Lipinski definition) is 0. The van der Waals surface area contributed by atoms with Crippen LogP contribution in [0.2, 0.25) is 0 Å². The highest BCUT2D eigenvalue weighted by molar-refractivity contribution is 5.87. The van der Waals surface area contributed by atoms with Crippen molar-refractivity contribution in [2.24, 2.45) is 0 Å². The molecule has 2 heterocycles. The van der Waals surface area contributed by atoms with Crippen LogP contribution in [0.4, 0.5) is 5.82 Å². The van der Waals surface area contributed by atoms with Crippen LogP contribution in [0, 0.1) is 0 Å². The molecule has 1 aromatic heterocycles. The number of benzene rings is 4. The third kappa shape index (κ3) is 3.46. The molecule has 0 amide bonds. The van der Waals surface area contributed by atoms with Gasteiger partial charge in [0.05, 0.1) is 0 Å². The van der Waals surface area contributed by atoms with Gasteiger partial charge in [0.25, 0.3) is 0 Å². The smallest absolute Gasteiger partial charge is 0.146 e. The molecule has 32 heavy (non-hydrogen) atoms. The zero-order valence-electron chi connectivity index (χ0n) is 17.9. The van der Waals surface area contributed by atoms with Crippen LogP contribution in [0.25, 0.3) is 21.7 Å². The number of hydrogen-bond acceptors (Lipinski definition) is 3.